The first kappa shape index (κ1) is 15.9. The van der Waals surface area contributed by atoms with Crippen molar-refractivity contribution in [2.24, 2.45) is 4.99 Å². The summed E-state index contributed by atoms with van der Waals surface area (Å²) in [6.07, 6.45) is -4.11. The molecule has 0 saturated heterocycles. The molecule has 0 radical (unpaired) electrons. The molecule has 0 bridgehead atoms. The molecule has 1 aromatic carbocycles. The number of carbonyl (C=O) groups is 2. The summed E-state index contributed by atoms with van der Waals surface area (Å²) in [5, 5.41) is 0. The number of carbonyl (C=O) groups excluding carboxylic acids is 2. The van der Waals surface area contributed by atoms with Gasteiger partial charge in [0.25, 0.3) is 5.78 Å². The van der Waals surface area contributed by atoms with E-state index in [0.29, 0.717) is 5.56 Å². The highest BCUT2D eigenvalue weighted by atomic mass is 19.4. The van der Waals surface area contributed by atoms with Crippen LogP contribution in [0.3, 0.4) is 0 Å². The predicted molar refractivity (Wildman–Crippen MR) is 65.5 cm³/mol. The quantitative estimate of drug-likeness (QED) is 0.474. The van der Waals surface area contributed by atoms with E-state index in [4.69, 9.17) is 0 Å². The average molecular weight is 287 g/mol. The van der Waals surface area contributed by atoms with Crippen LogP contribution in [0.4, 0.5) is 13.2 Å². The summed E-state index contributed by atoms with van der Waals surface area (Å²) < 4.78 is 41.6. The number of benzene rings is 1. The van der Waals surface area contributed by atoms with Gasteiger partial charge in [0, 0.05) is 6.21 Å². The number of hydrogen-bond acceptors (Lipinski definition) is 4. The van der Waals surface area contributed by atoms with Gasteiger partial charge >= 0.3 is 12.1 Å². The van der Waals surface area contributed by atoms with E-state index < -0.39 is 24.0 Å². The van der Waals surface area contributed by atoms with Gasteiger partial charge in [0.1, 0.15) is 0 Å². The standard InChI is InChI=1S/C13H12F3NO3/c1-2-20-12(19)10(11(18)13(14,15)16)17-8-9-6-4-3-5-7-9/h3-8,10H,2H2,1H3. The van der Waals surface area contributed by atoms with Crippen molar-refractivity contribution in [2.45, 2.75) is 19.1 Å². The molecule has 0 N–H and O–H groups in total. The lowest BCUT2D eigenvalue weighted by Crippen LogP contribution is -2.39. The molecular formula is C13H12F3NO3. The maximum absolute atomic E-state index is 12.4. The molecule has 0 aliphatic carbocycles. The molecule has 1 rings (SSSR count). The molecule has 4 nitrogen and oxygen atoms in total. The monoisotopic (exact) mass is 287 g/mol. The number of rotatable bonds is 5. The van der Waals surface area contributed by atoms with Crippen molar-refractivity contribution >= 4 is 18.0 Å². The summed E-state index contributed by atoms with van der Waals surface area (Å²) >= 11 is 0. The van der Waals surface area contributed by atoms with Crippen LogP contribution in [0.2, 0.25) is 0 Å². The number of nitrogens with zero attached hydrogens (tertiary/aromatic N) is 1. The number of Topliss-reactive ketones (excluding diaryl/α,β-unsaturated/α-hetero) is 1. The van der Waals surface area contributed by atoms with E-state index in [1.54, 1.807) is 30.3 Å². The molecular weight excluding hydrogens is 275 g/mol. The highest BCUT2D eigenvalue weighted by Gasteiger charge is 2.47. The number of aliphatic imine (C=N–C) groups is 1. The summed E-state index contributed by atoms with van der Waals surface area (Å²) in [4.78, 5) is 26.0. The van der Waals surface area contributed by atoms with Crippen molar-refractivity contribution in [1.82, 2.24) is 0 Å². The summed E-state index contributed by atoms with van der Waals surface area (Å²) in [6.45, 7) is 1.29. The van der Waals surface area contributed by atoms with Gasteiger partial charge in [-0.15, -0.1) is 0 Å². The lowest BCUT2D eigenvalue weighted by Gasteiger charge is -2.12. The topological polar surface area (TPSA) is 55.7 Å². The Bertz CT molecular complexity index is 497. The van der Waals surface area contributed by atoms with Crippen molar-refractivity contribution in [3.8, 4) is 0 Å². The SMILES string of the molecule is CCOC(=O)C(N=Cc1ccccc1)C(=O)C(F)(F)F. The zero-order valence-corrected chi connectivity index (χ0v) is 10.6. The van der Waals surface area contributed by atoms with E-state index >= 15 is 0 Å². The van der Waals surface area contributed by atoms with Crippen LogP contribution in [-0.2, 0) is 14.3 Å². The van der Waals surface area contributed by atoms with Gasteiger partial charge in [-0.1, -0.05) is 30.3 Å². The van der Waals surface area contributed by atoms with Crippen molar-refractivity contribution in [1.29, 1.82) is 0 Å². The first-order valence-corrected chi connectivity index (χ1v) is 5.72. The molecule has 0 saturated carbocycles. The summed E-state index contributed by atoms with van der Waals surface area (Å²) in [6, 6.07) is 5.92. The number of alkyl halides is 3. The van der Waals surface area contributed by atoms with Crippen LogP contribution in [-0.4, -0.2) is 36.8 Å². The Balaban J connectivity index is 2.97. The van der Waals surface area contributed by atoms with Crippen LogP contribution in [0.5, 0.6) is 0 Å². The smallest absolute Gasteiger partial charge is 0.452 e. The first-order chi connectivity index (χ1) is 9.36. The van der Waals surface area contributed by atoms with Crippen LogP contribution in [0.25, 0.3) is 0 Å². The third-order valence-electron chi connectivity index (χ3n) is 2.21. The molecule has 0 spiro atoms. The maximum Gasteiger partial charge on any atom is 0.452 e. The fourth-order valence-corrected chi connectivity index (χ4v) is 1.31. The minimum atomic E-state index is -5.15. The number of halogens is 3. The van der Waals surface area contributed by atoms with Gasteiger partial charge in [-0.3, -0.25) is 9.79 Å². The Kier molecular flexibility index (Phi) is 5.42. The summed E-state index contributed by atoms with van der Waals surface area (Å²) in [5.41, 5.74) is 0.469. The molecule has 0 amide bonds. The highest BCUT2D eigenvalue weighted by molar-refractivity contribution is 6.07. The number of ketones is 1. The average Bonchev–Trinajstić information content (AvgIpc) is 2.39. The summed E-state index contributed by atoms with van der Waals surface area (Å²) in [5.74, 6) is -3.56. The second kappa shape index (κ2) is 6.83. The molecule has 0 heterocycles. The Morgan fingerprint density at radius 3 is 2.40 bits per heavy atom. The number of esters is 1. The molecule has 1 aromatic rings. The van der Waals surface area contributed by atoms with Crippen LogP contribution < -0.4 is 0 Å². The third kappa shape index (κ3) is 4.49. The van der Waals surface area contributed by atoms with Crippen LogP contribution in [0.1, 0.15) is 12.5 Å². The minimum absolute atomic E-state index is 0.138. The Morgan fingerprint density at radius 1 is 1.30 bits per heavy atom. The van der Waals surface area contributed by atoms with Gasteiger partial charge in [0.15, 0.2) is 0 Å². The number of hydrogen-bond donors (Lipinski definition) is 0. The molecule has 0 aliphatic rings. The van der Waals surface area contributed by atoms with Gasteiger partial charge in [-0.25, -0.2) is 4.79 Å². The predicted octanol–water partition coefficient (Wildman–Crippen LogP) is 2.17. The molecule has 0 aliphatic heterocycles. The van der Waals surface area contributed by atoms with Crippen LogP contribution in [0, 0.1) is 0 Å². The highest BCUT2D eigenvalue weighted by Crippen LogP contribution is 2.20. The van der Waals surface area contributed by atoms with E-state index in [1.807, 2.05) is 0 Å². The van der Waals surface area contributed by atoms with Crippen LogP contribution >= 0.6 is 0 Å². The Morgan fingerprint density at radius 2 is 1.90 bits per heavy atom. The molecule has 7 heteroatoms. The number of ether oxygens (including phenoxy) is 1. The zero-order chi connectivity index (χ0) is 15.2. The van der Waals surface area contributed by atoms with E-state index in [9.17, 15) is 22.8 Å². The third-order valence-corrected chi connectivity index (χ3v) is 2.21. The second-order valence-corrected chi connectivity index (χ2v) is 3.71. The van der Waals surface area contributed by atoms with E-state index in [2.05, 4.69) is 9.73 Å². The lowest BCUT2D eigenvalue weighted by atomic mass is 10.2. The Labute approximate surface area is 113 Å². The maximum atomic E-state index is 12.4. The molecule has 1 unspecified atom stereocenters. The summed E-state index contributed by atoms with van der Waals surface area (Å²) in [7, 11) is 0. The van der Waals surface area contributed by atoms with E-state index in [0.717, 1.165) is 6.21 Å². The first-order valence-electron chi connectivity index (χ1n) is 5.72. The minimum Gasteiger partial charge on any atom is -0.464 e. The fraction of sp³-hybridized carbons (Fsp3) is 0.308. The van der Waals surface area contributed by atoms with Gasteiger partial charge in [-0.05, 0) is 12.5 Å². The van der Waals surface area contributed by atoms with E-state index in [1.165, 1.54) is 6.92 Å². The zero-order valence-electron chi connectivity index (χ0n) is 10.6. The molecule has 20 heavy (non-hydrogen) atoms. The van der Waals surface area contributed by atoms with E-state index in [-0.39, 0.29) is 6.61 Å². The van der Waals surface area contributed by atoms with Crippen molar-refractivity contribution in [2.75, 3.05) is 6.61 Å². The van der Waals surface area contributed by atoms with Gasteiger partial charge in [0.2, 0.25) is 6.04 Å². The molecule has 0 fully saturated rings. The Hall–Kier alpha value is -2.18. The largest absolute Gasteiger partial charge is 0.464 e. The van der Waals surface area contributed by atoms with Gasteiger partial charge < -0.3 is 4.74 Å². The normalized spacial score (nSPS) is 13.2. The van der Waals surface area contributed by atoms with Crippen molar-refractivity contribution in [3.05, 3.63) is 35.9 Å². The van der Waals surface area contributed by atoms with Crippen molar-refractivity contribution < 1.29 is 27.5 Å². The fourth-order valence-electron chi connectivity index (χ4n) is 1.31. The van der Waals surface area contributed by atoms with Crippen LogP contribution in [0.15, 0.2) is 35.3 Å². The molecule has 108 valence electrons. The van der Waals surface area contributed by atoms with Gasteiger partial charge in [-0.2, -0.15) is 13.2 Å². The van der Waals surface area contributed by atoms with Gasteiger partial charge in [0.05, 0.1) is 6.61 Å². The molecule has 0 aromatic heterocycles. The second-order valence-electron chi connectivity index (χ2n) is 3.71. The van der Waals surface area contributed by atoms with Crippen molar-refractivity contribution in [3.63, 3.8) is 0 Å². The molecule has 1 atom stereocenters. The lowest BCUT2D eigenvalue weighted by molar-refractivity contribution is -0.176.